The molecule has 0 unspecified atom stereocenters. The molecule has 324 valence electrons. The Morgan fingerprint density at radius 3 is 1.90 bits per heavy atom. The van der Waals surface area contributed by atoms with Gasteiger partial charge in [0.05, 0.1) is 22.3 Å². The molecule has 0 radical (unpaired) electrons. The first-order valence-corrected chi connectivity index (χ1v) is 21.7. The molecule has 2 aromatic heterocycles. The van der Waals surface area contributed by atoms with Gasteiger partial charge in [0.2, 0.25) is 0 Å². The van der Waals surface area contributed by atoms with E-state index in [1.807, 2.05) is 78.1 Å². The third kappa shape index (κ3) is 9.11. The SMILES string of the molecule is [2H]C(C)(C)c1ccc(-c2ccnc(-c3[c-]c(-c4cccc5c4nc(-c4cc(C)cc(C)c4O)n5-c4ccc(C([2H])(C)C)cc4-c4ccc(C(C)(C)C)cc4)cc(C(C)(C)C)c3)c2)cc1.[Pt]. The average Bonchev–Trinajstić information content (AvgIpc) is 3.63. The molecule has 63 heavy (non-hydrogen) atoms. The Morgan fingerprint density at radius 2 is 1.25 bits per heavy atom. The number of rotatable bonds is 8. The zero-order valence-corrected chi connectivity index (χ0v) is 41.0. The van der Waals surface area contributed by atoms with Crippen molar-refractivity contribution in [2.24, 2.45) is 0 Å². The topological polar surface area (TPSA) is 50.9 Å². The Labute approximate surface area is 392 Å². The Kier molecular flexibility index (Phi) is 11.9. The summed E-state index contributed by atoms with van der Waals surface area (Å²) < 4.78 is 19.7. The van der Waals surface area contributed by atoms with Gasteiger partial charge in [0, 0.05) is 41.3 Å². The molecule has 0 saturated heterocycles. The molecule has 0 fully saturated rings. The van der Waals surface area contributed by atoms with Crippen LogP contribution in [-0.2, 0) is 31.9 Å². The molecule has 8 aromatic rings. The monoisotopic (exact) mass is 1010 g/mol. The standard InChI is InChI=1S/C58H60N3O.Pt/c1-35(2)39-16-18-40(19-17-39)43-26-27-59-51(34-43)45-30-44(31-47(32-45)58(10,11)12)48-14-13-15-53-54(48)60-56(50-29-37(5)28-38(6)55(50)62)61(53)52-25-22-42(36(3)4)33-49(52)41-20-23-46(24-21-41)57(7,8)9;/h13-29,31-36,62H,1-12H3;/q-1;/i35D,36D;. The fraction of sp³-hybridized carbons (Fsp3) is 0.276. The van der Waals surface area contributed by atoms with E-state index in [0.717, 1.165) is 89.2 Å². The van der Waals surface area contributed by atoms with E-state index < -0.39 is 11.8 Å². The number of aromatic nitrogens is 3. The summed E-state index contributed by atoms with van der Waals surface area (Å²) in [5, 5.41) is 11.8. The summed E-state index contributed by atoms with van der Waals surface area (Å²) in [4.78, 5) is 10.4. The summed E-state index contributed by atoms with van der Waals surface area (Å²) in [6, 6.07) is 46.0. The van der Waals surface area contributed by atoms with Gasteiger partial charge < -0.3 is 5.11 Å². The van der Waals surface area contributed by atoms with Gasteiger partial charge in [0.25, 0.3) is 0 Å². The number of fused-ring (bicyclic) bond motifs is 1. The van der Waals surface area contributed by atoms with E-state index in [0.29, 0.717) is 11.4 Å². The minimum atomic E-state index is -0.832. The van der Waals surface area contributed by atoms with Crippen LogP contribution in [0.2, 0.25) is 0 Å². The number of aromatic hydroxyl groups is 1. The minimum absolute atomic E-state index is 0. The second-order valence-corrected chi connectivity index (χ2v) is 19.4. The fourth-order valence-electron chi connectivity index (χ4n) is 8.33. The number of phenolic OH excluding ortho intramolecular Hbond substituents is 1. The molecule has 0 atom stereocenters. The van der Waals surface area contributed by atoms with Gasteiger partial charge in [-0.15, -0.1) is 29.3 Å². The first-order chi connectivity index (χ1) is 30.0. The maximum atomic E-state index is 11.8. The van der Waals surface area contributed by atoms with Gasteiger partial charge in [-0.1, -0.05) is 159 Å². The van der Waals surface area contributed by atoms with E-state index in [-0.39, 0.29) is 37.6 Å². The molecule has 0 aliphatic rings. The largest absolute Gasteiger partial charge is 0.507 e. The van der Waals surface area contributed by atoms with Crippen LogP contribution >= 0.6 is 0 Å². The molecule has 0 aliphatic carbocycles. The zero-order valence-electron chi connectivity index (χ0n) is 40.7. The van der Waals surface area contributed by atoms with E-state index in [1.54, 1.807) is 0 Å². The molecule has 5 heteroatoms. The second kappa shape index (κ2) is 17.5. The number of nitrogens with zero attached hydrogens (tertiary/aromatic N) is 3. The Hall–Kier alpha value is -5.57. The first kappa shape index (κ1) is 42.7. The number of imidazole rings is 1. The molecule has 8 rings (SSSR count). The second-order valence-electron chi connectivity index (χ2n) is 19.4. The number of aryl methyl sites for hydroxylation is 2. The summed E-state index contributed by atoms with van der Waals surface area (Å²) in [6.07, 6.45) is 1.86. The third-order valence-corrected chi connectivity index (χ3v) is 12.1. The molecule has 0 amide bonds. The normalized spacial score (nSPS) is 12.8. The minimum Gasteiger partial charge on any atom is -0.507 e. The van der Waals surface area contributed by atoms with Crippen LogP contribution in [0, 0.1) is 19.9 Å². The summed E-state index contributed by atoms with van der Waals surface area (Å²) in [6.45, 7) is 25.0. The summed E-state index contributed by atoms with van der Waals surface area (Å²) >= 11 is 0. The van der Waals surface area contributed by atoms with Crippen molar-refractivity contribution in [2.45, 2.75) is 106 Å². The van der Waals surface area contributed by atoms with Gasteiger partial charge in [-0.3, -0.25) is 9.55 Å². The van der Waals surface area contributed by atoms with Crippen LogP contribution in [0.1, 0.15) is 117 Å². The quantitative estimate of drug-likeness (QED) is 0.154. The molecular formula is C58H60N3OPt-. The molecule has 2 heterocycles. The van der Waals surface area contributed by atoms with Crippen LogP contribution in [0.3, 0.4) is 0 Å². The van der Waals surface area contributed by atoms with Gasteiger partial charge in [0.1, 0.15) is 11.6 Å². The molecule has 1 N–H and O–H groups in total. The Morgan fingerprint density at radius 1 is 0.619 bits per heavy atom. The van der Waals surface area contributed by atoms with Crippen molar-refractivity contribution < 1.29 is 28.9 Å². The first-order valence-electron chi connectivity index (χ1n) is 22.7. The molecule has 0 aliphatic heterocycles. The average molecular weight is 1010 g/mol. The van der Waals surface area contributed by atoms with Crippen molar-refractivity contribution in [3.05, 3.63) is 167 Å². The van der Waals surface area contributed by atoms with Crippen LogP contribution in [0.25, 0.3) is 72.7 Å². The van der Waals surface area contributed by atoms with Gasteiger partial charge in [-0.05, 0) is 111 Å². The fourth-order valence-corrected chi connectivity index (χ4v) is 8.33. The number of para-hydroxylation sites is 1. The van der Waals surface area contributed by atoms with Crippen molar-refractivity contribution in [1.82, 2.24) is 14.5 Å². The van der Waals surface area contributed by atoms with Crippen LogP contribution < -0.4 is 0 Å². The smallest absolute Gasteiger partial charge is 0.148 e. The maximum Gasteiger partial charge on any atom is 0.148 e. The predicted molar refractivity (Wildman–Crippen MR) is 262 cm³/mol. The Balaban J connectivity index is 0.00000630. The maximum absolute atomic E-state index is 11.8. The number of hydrogen-bond donors (Lipinski definition) is 1. The molecule has 4 nitrogen and oxygen atoms in total. The molecular weight excluding hydrogens is 950 g/mol. The zero-order chi connectivity index (χ0) is 46.1. The van der Waals surface area contributed by atoms with Crippen molar-refractivity contribution in [3.8, 4) is 67.5 Å². The van der Waals surface area contributed by atoms with E-state index >= 15 is 0 Å². The Bertz CT molecular complexity index is 3050. The van der Waals surface area contributed by atoms with Gasteiger partial charge in [0.15, 0.2) is 0 Å². The van der Waals surface area contributed by atoms with Gasteiger partial charge >= 0.3 is 0 Å². The number of pyridine rings is 1. The van der Waals surface area contributed by atoms with E-state index in [1.165, 1.54) is 5.56 Å². The van der Waals surface area contributed by atoms with E-state index in [9.17, 15) is 5.11 Å². The molecule has 0 spiro atoms. The molecule has 0 bridgehead atoms. The van der Waals surface area contributed by atoms with E-state index in [2.05, 4.69) is 143 Å². The third-order valence-electron chi connectivity index (χ3n) is 12.1. The van der Waals surface area contributed by atoms with Gasteiger partial charge in [-0.25, -0.2) is 4.98 Å². The van der Waals surface area contributed by atoms with Crippen LogP contribution in [0.15, 0.2) is 128 Å². The number of hydrogen-bond acceptors (Lipinski definition) is 3. The number of phenols is 1. The van der Waals surface area contributed by atoms with Crippen molar-refractivity contribution >= 4 is 11.0 Å². The van der Waals surface area contributed by atoms with Crippen LogP contribution in [0.5, 0.6) is 5.75 Å². The van der Waals surface area contributed by atoms with Crippen LogP contribution in [-0.4, -0.2) is 19.6 Å². The van der Waals surface area contributed by atoms with Gasteiger partial charge in [-0.2, -0.15) is 0 Å². The van der Waals surface area contributed by atoms with Crippen LogP contribution in [0.4, 0.5) is 0 Å². The molecule has 0 saturated carbocycles. The van der Waals surface area contributed by atoms with Crippen molar-refractivity contribution in [3.63, 3.8) is 0 Å². The summed E-state index contributed by atoms with van der Waals surface area (Å²) in [5.74, 6) is -0.693. The van der Waals surface area contributed by atoms with E-state index in [4.69, 9.17) is 12.7 Å². The van der Waals surface area contributed by atoms with Crippen molar-refractivity contribution in [1.29, 1.82) is 0 Å². The summed E-state index contributed by atoms with van der Waals surface area (Å²) in [7, 11) is 0. The summed E-state index contributed by atoms with van der Waals surface area (Å²) in [5.41, 5.74) is 16.7. The van der Waals surface area contributed by atoms with Crippen molar-refractivity contribution in [2.75, 3.05) is 0 Å². The number of benzene rings is 6. The predicted octanol–water partition coefficient (Wildman–Crippen LogP) is 15.7. The molecule has 6 aromatic carbocycles.